The van der Waals surface area contributed by atoms with Gasteiger partial charge in [-0.05, 0) is 24.3 Å². The molecular formula is C12H14ClN3OS. The zero-order valence-corrected chi connectivity index (χ0v) is 11.4. The molecular weight excluding hydrogens is 270 g/mol. The third-order valence-electron chi connectivity index (χ3n) is 3.29. The molecule has 4 nitrogen and oxygen atoms in total. The van der Waals surface area contributed by atoms with Crippen LogP contribution in [0.4, 0.5) is 5.95 Å². The number of anilines is 1. The van der Waals surface area contributed by atoms with E-state index in [1.807, 2.05) is 17.6 Å². The van der Waals surface area contributed by atoms with E-state index < -0.39 is 0 Å². The summed E-state index contributed by atoms with van der Waals surface area (Å²) in [4.78, 5) is 9.87. The Bertz CT molecular complexity index is 539. The molecule has 1 fully saturated rings. The van der Waals surface area contributed by atoms with E-state index in [1.54, 1.807) is 11.3 Å². The topological polar surface area (TPSA) is 47.0 Å². The maximum Gasteiger partial charge on any atom is 0.224 e. The number of aromatic nitrogens is 2. The lowest BCUT2D eigenvalue weighted by molar-refractivity contribution is 0.0665. The van der Waals surface area contributed by atoms with Crippen LogP contribution >= 0.6 is 22.9 Å². The number of nitrogens with one attached hydrogen (secondary N) is 1. The van der Waals surface area contributed by atoms with Crippen LogP contribution in [0.5, 0.6) is 0 Å². The van der Waals surface area contributed by atoms with Crippen molar-refractivity contribution in [2.75, 3.05) is 24.4 Å². The Hall–Kier alpha value is -0.910. The first-order valence-corrected chi connectivity index (χ1v) is 7.35. The fraction of sp³-hybridized carbons (Fsp3) is 0.500. The van der Waals surface area contributed by atoms with Crippen LogP contribution in [0.2, 0.25) is 0 Å². The van der Waals surface area contributed by atoms with Crippen LogP contribution in [-0.4, -0.2) is 34.6 Å². The smallest absolute Gasteiger partial charge is 0.224 e. The van der Waals surface area contributed by atoms with Gasteiger partial charge in [0.2, 0.25) is 5.95 Å². The molecule has 6 heteroatoms. The lowest BCUT2D eigenvalue weighted by Crippen LogP contribution is -2.45. The summed E-state index contributed by atoms with van der Waals surface area (Å²) in [6.45, 7) is 1.47. The summed E-state index contributed by atoms with van der Waals surface area (Å²) >= 11 is 7.73. The monoisotopic (exact) mass is 283 g/mol. The Morgan fingerprint density at radius 2 is 2.28 bits per heavy atom. The van der Waals surface area contributed by atoms with Crippen LogP contribution in [0, 0.1) is 0 Å². The molecule has 0 radical (unpaired) electrons. The van der Waals surface area contributed by atoms with Crippen LogP contribution < -0.4 is 5.32 Å². The van der Waals surface area contributed by atoms with Crippen LogP contribution in [0.3, 0.4) is 0 Å². The first-order valence-electron chi connectivity index (χ1n) is 5.93. The zero-order chi connectivity index (χ0) is 12.4. The van der Waals surface area contributed by atoms with Gasteiger partial charge in [0.1, 0.15) is 4.83 Å². The van der Waals surface area contributed by atoms with Crippen molar-refractivity contribution in [1.82, 2.24) is 9.97 Å². The molecule has 0 aromatic carbocycles. The Morgan fingerprint density at radius 1 is 1.44 bits per heavy atom. The summed E-state index contributed by atoms with van der Waals surface area (Å²) in [6, 6.07) is 2.02. The van der Waals surface area contributed by atoms with Crippen LogP contribution in [0.1, 0.15) is 12.8 Å². The Morgan fingerprint density at radius 3 is 3.06 bits per heavy atom. The first kappa shape index (κ1) is 12.1. The number of alkyl halides is 1. The number of ether oxygens (including phenoxy) is 1. The standard InChI is InChI=1S/C12H14ClN3OS/c13-8-12(2-4-17-5-3-12)16-11-14-7-9-1-6-18-10(9)15-11/h1,6-7H,2-5,8H2,(H,14,15,16). The van der Waals surface area contributed by atoms with Gasteiger partial charge < -0.3 is 10.1 Å². The number of halogens is 1. The van der Waals surface area contributed by atoms with E-state index in [-0.39, 0.29) is 5.54 Å². The van der Waals surface area contributed by atoms with Crippen molar-refractivity contribution in [2.45, 2.75) is 18.4 Å². The summed E-state index contributed by atoms with van der Waals surface area (Å²) in [6.07, 6.45) is 3.63. The Kier molecular flexibility index (Phi) is 3.37. The molecule has 1 saturated heterocycles. The third-order valence-corrected chi connectivity index (χ3v) is 4.62. The van der Waals surface area contributed by atoms with Crippen molar-refractivity contribution in [3.8, 4) is 0 Å². The van der Waals surface area contributed by atoms with Crippen molar-refractivity contribution < 1.29 is 4.74 Å². The number of nitrogens with zero attached hydrogens (tertiary/aromatic N) is 2. The molecule has 0 aliphatic carbocycles. The van der Waals surface area contributed by atoms with Crippen molar-refractivity contribution >= 4 is 39.1 Å². The third kappa shape index (κ3) is 2.30. The fourth-order valence-corrected chi connectivity index (χ4v) is 3.18. The lowest BCUT2D eigenvalue weighted by atomic mass is 9.92. The van der Waals surface area contributed by atoms with E-state index in [0.29, 0.717) is 11.8 Å². The minimum atomic E-state index is -0.134. The molecule has 96 valence electrons. The molecule has 0 spiro atoms. The predicted octanol–water partition coefficient (Wildman–Crippen LogP) is 2.89. The second-order valence-corrected chi connectivity index (χ2v) is 5.69. The molecule has 1 aliphatic heterocycles. The van der Waals surface area contributed by atoms with E-state index in [9.17, 15) is 0 Å². The van der Waals surface area contributed by atoms with Gasteiger partial charge in [-0.3, -0.25) is 0 Å². The Balaban J connectivity index is 1.85. The Labute approximate surface area is 114 Å². The second-order valence-electron chi connectivity index (χ2n) is 4.53. The minimum absolute atomic E-state index is 0.134. The van der Waals surface area contributed by atoms with Crippen LogP contribution in [-0.2, 0) is 4.74 Å². The molecule has 2 aromatic rings. The number of fused-ring (bicyclic) bond motifs is 1. The van der Waals surface area contributed by atoms with E-state index in [0.717, 1.165) is 36.3 Å². The van der Waals surface area contributed by atoms with Crippen molar-refractivity contribution in [3.63, 3.8) is 0 Å². The van der Waals surface area contributed by atoms with E-state index in [1.165, 1.54) is 0 Å². The zero-order valence-electron chi connectivity index (χ0n) is 9.86. The quantitative estimate of drug-likeness (QED) is 0.880. The highest BCUT2D eigenvalue weighted by Crippen LogP contribution is 2.27. The number of rotatable bonds is 3. The number of thiophene rings is 1. The fourth-order valence-electron chi connectivity index (χ4n) is 2.11. The molecule has 0 bridgehead atoms. The molecule has 0 saturated carbocycles. The van der Waals surface area contributed by atoms with Crippen LogP contribution in [0.25, 0.3) is 10.2 Å². The number of hydrogen-bond acceptors (Lipinski definition) is 5. The number of hydrogen-bond donors (Lipinski definition) is 1. The average Bonchev–Trinajstić information content (AvgIpc) is 2.87. The molecule has 0 unspecified atom stereocenters. The van der Waals surface area contributed by atoms with E-state index >= 15 is 0 Å². The van der Waals surface area contributed by atoms with Gasteiger partial charge in [0.05, 0.1) is 5.54 Å². The van der Waals surface area contributed by atoms with Crippen LogP contribution in [0.15, 0.2) is 17.6 Å². The molecule has 3 heterocycles. The maximum absolute atomic E-state index is 6.11. The molecule has 0 amide bonds. The van der Waals surface area contributed by atoms with E-state index in [4.69, 9.17) is 16.3 Å². The van der Waals surface area contributed by atoms with E-state index in [2.05, 4.69) is 15.3 Å². The SMILES string of the molecule is ClCC1(Nc2ncc3ccsc3n2)CCOCC1. The highest BCUT2D eigenvalue weighted by Gasteiger charge is 2.32. The van der Waals surface area contributed by atoms with Gasteiger partial charge in [-0.2, -0.15) is 0 Å². The van der Waals surface area contributed by atoms with Gasteiger partial charge >= 0.3 is 0 Å². The summed E-state index contributed by atoms with van der Waals surface area (Å²) < 4.78 is 5.38. The van der Waals surface area contributed by atoms with Gasteiger partial charge in [-0.15, -0.1) is 22.9 Å². The van der Waals surface area contributed by atoms with Gasteiger partial charge in [-0.25, -0.2) is 9.97 Å². The highest BCUT2D eigenvalue weighted by atomic mass is 35.5. The summed E-state index contributed by atoms with van der Waals surface area (Å²) in [5.74, 6) is 1.20. The second kappa shape index (κ2) is 4.99. The van der Waals surface area contributed by atoms with Crippen molar-refractivity contribution in [1.29, 1.82) is 0 Å². The lowest BCUT2D eigenvalue weighted by Gasteiger charge is -2.36. The molecule has 3 rings (SSSR count). The van der Waals surface area contributed by atoms with Crippen molar-refractivity contribution in [3.05, 3.63) is 17.6 Å². The normalized spacial score (nSPS) is 18.9. The van der Waals surface area contributed by atoms with Gasteiger partial charge in [-0.1, -0.05) is 0 Å². The van der Waals surface area contributed by atoms with Gasteiger partial charge in [0.25, 0.3) is 0 Å². The maximum atomic E-state index is 6.11. The van der Waals surface area contributed by atoms with Crippen molar-refractivity contribution in [2.24, 2.45) is 0 Å². The molecule has 0 atom stereocenters. The average molecular weight is 284 g/mol. The molecule has 1 N–H and O–H groups in total. The summed E-state index contributed by atoms with van der Waals surface area (Å²) in [5, 5.41) is 6.50. The van der Waals surface area contributed by atoms with Gasteiger partial charge in [0, 0.05) is 30.7 Å². The van der Waals surface area contributed by atoms with Gasteiger partial charge in [0.15, 0.2) is 0 Å². The molecule has 1 aliphatic rings. The summed E-state index contributed by atoms with van der Waals surface area (Å²) in [7, 11) is 0. The largest absolute Gasteiger partial charge is 0.381 e. The minimum Gasteiger partial charge on any atom is -0.381 e. The molecule has 18 heavy (non-hydrogen) atoms. The first-order chi connectivity index (χ1) is 8.81. The predicted molar refractivity (Wildman–Crippen MR) is 74.5 cm³/mol. The highest BCUT2D eigenvalue weighted by molar-refractivity contribution is 7.16. The summed E-state index contributed by atoms with van der Waals surface area (Å²) in [5.41, 5.74) is -0.134. The molecule has 2 aromatic heterocycles.